The maximum absolute atomic E-state index is 10.7. The number of anilines is 1. The molecule has 0 unspecified atom stereocenters. The van der Waals surface area contributed by atoms with Crippen LogP contribution in [0.2, 0.25) is 0 Å². The first-order valence-corrected chi connectivity index (χ1v) is 7.46. The van der Waals surface area contributed by atoms with Crippen molar-refractivity contribution in [2.75, 3.05) is 31.1 Å². The molecule has 0 aliphatic rings. The van der Waals surface area contributed by atoms with Gasteiger partial charge in [-0.3, -0.25) is 4.79 Å². The number of nitrogens with one attached hydrogen (secondary N) is 2. The Morgan fingerprint density at radius 1 is 1.10 bits per heavy atom. The monoisotopic (exact) mass is 277 g/mol. The molecule has 0 radical (unpaired) electrons. The van der Waals surface area contributed by atoms with Crippen LogP contribution in [0.3, 0.4) is 0 Å². The van der Waals surface area contributed by atoms with Gasteiger partial charge in [0.15, 0.2) is 0 Å². The quantitative estimate of drug-likeness (QED) is 0.680. The Balaban J connectivity index is 2.26. The minimum absolute atomic E-state index is 0.0389. The first-order chi connectivity index (χ1) is 9.67. The van der Waals surface area contributed by atoms with Crippen LogP contribution in [-0.2, 0) is 11.3 Å². The van der Waals surface area contributed by atoms with Crippen LogP contribution in [0.4, 0.5) is 5.69 Å². The number of carbonyl (C=O) groups is 1. The van der Waals surface area contributed by atoms with Crippen molar-refractivity contribution in [3.8, 4) is 0 Å². The summed E-state index contributed by atoms with van der Waals surface area (Å²) in [6.45, 7) is 10.5. The van der Waals surface area contributed by atoms with Gasteiger partial charge in [-0.1, -0.05) is 12.1 Å². The van der Waals surface area contributed by atoms with Crippen molar-refractivity contribution in [3.05, 3.63) is 29.8 Å². The van der Waals surface area contributed by atoms with Crippen LogP contribution < -0.4 is 15.5 Å². The van der Waals surface area contributed by atoms with Crippen molar-refractivity contribution in [3.63, 3.8) is 0 Å². The second kappa shape index (κ2) is 9.37. The third-order valence-corrected chi connectivity index (χ3v) is 3.30. The SMILES string of the molecule is CCN(CC)c1ccc(CNCCCNC(C)=O)cc1. The molecular formula is C16H27N3O. The van der Waals surface area contributed by atoms with Gasteiger partial charge in [-0.05, 0) is 44.5 Å². The molecule has 0 heterocycles. The molecule has 0 fully saturated rings. The van der Waals surface area contributed by atoms with Crippen LogP contribution >= 0.6 is 0 Å². The van der Waals surface area contributed by atoms with Gasteiger partial charge >= 0.3 is 0 Å². The van der Waals surface area contributed by atoms with Gasteiger partial charge in [0.05, 0.1) is 0 Å². The number of hydrogen-bond donors (Lipinski definition) is 2. The summed E-state index contributed by atoms with van der Waals surface area (Å²) in [5.74, 6) is 0.0389. The van der Waals surface area contributed by atoms with E-state index in [-0.39, 0.29) is 5.91 Å². The molecule has 0 aliphatic carbocycles. The van der Waals surface area contributed by atoms with Crippen molar-refractivity contribution in [2.24, 2.45) is 0 Å². The first-order valence-electron chi connectivity index (χ1n) is 7.46. The summed E-state index contributed by atoms with van der Waals surface area (Å²) < 4.78 is 0. The molecule has 1 aromatic rings. The molecule has 1 aromatic carbocycles. The molecule has 20 heavy (non-hydrogen) atoms. The topological polar surface area (TPSA) is 44.4 Å². The molecule has 4 heteroatoms. The predicted molar refractivity (Wildman–Crippen MR) is 85.0 cm³/mol. The number of nitrogens with zero attached hydrogens (tertiary/aromatic N) is 1. The number of amides is 1. The average molecular weight is 277 g/mol. The van der Waals surface area contributed by atoms with Gasteiger partial charge in [0, 0.05) is 38.8 Å². The zero-order chi connectivity index (χ0) is 14.8. The molecule has 0 aromatic heterocycles. The van der Waals surface area contributed by atoms with Crippen molar-refractivity contribution in [2.45, 2.75) is 33.7 Å². The molecule has 1 amide bonds. The zero-order valence-corrected chi connectivity index (χ0v) is 12.9. The molecule has 0 spiro atoms. The van der Waals surface area contributed by atoms with Crippen molar-refractivity contribution in [1.82, 2.24) is 10.6 Å². The van der Waals surface area contributed by atoms with Crippen LogP contribution in [0.25, 0.3) is 0 Å². The van der Waals surface area contributed by atoms with E-state index in [4.69, 9.17) is 0 Å². The van der Waals surface area contributed by atoms with E-state index in [2.05, 4.69) is 53.6 Å². The number of benzene rings is 1. The van der Waals surface area contributed by atoms with E-state index >= 15 is 0 Å². The van der Waals surface area contributed by atoms with Crippen LogP contribution in [-0.4, -0.2) is 32.1 Å². The highest BCUT2D eigenvalue weighted by atomic mass is 16.1. The largest absolute Gasteiger partial charge is 0.372 e. The third kappa shape index (κ3) is 6.06. The lowest BCUT2D eigenvalue weighted by Gasteiger charge is -2.21. The summed E-state index contributed by atoms with van der Waals surface area (Å²) in [6.07, 6.45) is 0.955. The maximum atomic E-state index is 10.7. The van der Waals surface area contributed by atoms with Crippen molar-refractivity contribution >= 4 is 11.6 Å². The summed E-state index contributed by atoms with van der Waals surface area (Å²) >= 11 is 0. The fourth-order valence-electron chi connectivity index (χ4n) is 2.12. The van der Waals surface area contributed by atoms with Gasteiger partial charge in [0.1, 0.15) is 0 Å². The Bertz CT molecular complexity index is 385. The lowest BCUT2D eigenvalue weighted by atomic mass is 10.2. The Labute approximate surface area is 122 Å². The summed E-state index contributed by atoms with van der Waals surface area (Å²) in [6, 6.07) is 8.71. The second-order valence-corrected chi connectivity index (χ2v) is 4.85. The molecule has 1 rings (SSSR count). The summed E-state index contributed by atoms with van der Waals surface area (Å²) in [5.41, 5.74) is 2.57. The first kappa shape index (κ1) is 16.5. The summed E-state index contributed by atoms with van der Waals surface area (Å²) in [5, 5.41) is 6.18. The molecule has 2 N–H and O–H groups in total. The van der Waals surface area contributed by atoms with E-state index in [1.807, 2.05) is 0 Å². The molecule has 0 bridgehead atoms. The van der Waals surface area contributed by atoms with E-state index in [0.29, 0.717) is 0 Å². The standard InChI is InChI=1S/C16H27N3O/c1-4-19(5-2)16-9-7-15(8-10-16)13-17-11-6-12-18-14(3)20/h7-10,17H,4-6,11-13H2,1-3H3,(H,18,20). The number of carbonyl (C=O) groups excluding carboxylic acids is 1. The van der Waals surface area contributed by atoms with Crippen LogP contribution in [0, 0.1) is 0 Å². The van der Waals surface area contributed by atoms with Gasteiger partial charge in [0.25, 0.3) is 0 Å². The molecule has 0 saturated heterocycles. The van der Waals surface area contributed by atoms with Crippen LogP contribution in [0.5, 0.6) is 0 Å². The van der Waals surface area contributed by atoms with E-state index in [1.54, 1.807) is 6.92 Å². The molecular weight excluding hydrogens is 250 g/mol. The van der Waals surface area contributed by atoms with Crippen LogP contribution in [0.1, 0.15) is 32.8 Å². The van der Waals surface area contributed by atoms with Gasteiger partial charge < -0.3 is 15.5 Å². The minimum Gasteiger partial charge on any atom is -0.372 e. The third-order valence-electron chi connectivity index (χ3n) is 3.30. The fraction of sp³-hybridized carbons (Fsp3) is 0.562. The molecule has 0 saturated carbocycles. The van der Waals surface area contributed by atoms with E-state index in [1.165, 1.54) is 11.3 Å². The summed E-state index contributed by atoms with van der Waals surface area (Å²) in [4.78, 5) is 13.0. The van der Waals surface area contributed by atoms with Gasteiger partial charge in [0.2, 0.25) is 5.91 Å². The van der Waals surface area contributed by atoms with Gasteiger partial charge in [-0.2, -0.15) is 0 Å². The zero-order valence-electron chi connectivity index (χ0n) is 12.9. The Morgan fingerprint density at radius 2 is 1.75 bits per heavy atom. The number of rotatable bonds is 9. The molecule has 0 atom stereocenters. The van der Waals surface area contributed by atoms with Crippen molar-refractivity contribution in [1.29, 1.82) is 0 Å². The maximum Gasteiger partial charge on any atom is 0.216 e. The van der Waals surface area contributed by atoms with Gasteiger partial charge in [-0.15, -0.1) is 0 Å². The smallest absolute Gasteiger partial charge is 0.216 e. The van der Waals surface area contributed by atoms with Gasteiger partial charge in [-0.25, -0.2) is 0 Å². The lowest BCUT2D eigenvalue weighted by molar-refractivity contribution is -0.118. The number of hydrogen-bond acceptors (Lipinski definition) is 3. The predicted octanol–water partition coefficient (Wildman–Crippen LogP) is 2.15. The van der Waals surface area contributed by atoms with E-state index in [9.17, 15) is 4.79 Å². The Morgan fingerprint density at radius 3 is 2.30 bits per heavy atom. The second-order valence-electron chi connectivity index (χ2n) is 4.85. The molecule has 112 valence electrons. The normalized spacial score (nSPS) is 10.3. The molecule has 4 nitrogen and oxygen atoms in total. The van der Waals surface area contributed by atoms with E-state index < -0.39 is 0 Å². The lowest BCUT2D eigenvalue weighted by Crippen LogP contribution is -2.25. The summed E-state index contributed by atoms with van der Waals surface area (Å²) in [7, 11) is 0. The Hall–Kier alpha value is -1.55. The average Bonchev–Trinajstić information content (AvgIpc) is 2.45. The van der Waals surface area contributed by atoms with E-state index in [0.717, 1.165) is 39.1 Å². The highest BCUT2D eigenvalue weighted by Gasteiger charge is 2.01. The fourth-order valence-corrected chi connectivity index (χ4v) is 2.12. The van der Waals surface area contributed by atoms with Crippen LogP contribution in [0.15, 0.2) is 24.3 Å². The Kier molecular flexibility index (Phi) is 7.73. The molecule has 0 aliphatic heterocycles. The minimum atomic E-state index is 0.0389. The highest BCUT2D eigenvalue weighted by molar-refractivity contribution is 5.72. The highest BCUT2D eigenvalue weighted by Crippen LogP contribution is 2.14. The van der Waals surface area contributed by atoms with Crippen molar-refractivity contribution < 1.29 is 4.79 Å².